The summed E-state index contributed by atoms with van der Waals surface area (Å²) in [6, 6.07) is 8.22. The number of likely N-dealkylation sites (tertiary alicyclic amines) is 1. The highest BCUT2D eigenvalue weighted by Gasteiger charge is 2.32. The van der Waals surface area contributed by atoms with Gasteiger partial charge in [0.25, 0.3) is 11.6 Å². The summed E-state index contributed by atoms with van der Waals surface area (Å²) >= 11 is 0. The normalized spacial score (nSPS) is 16.8. The average Bonchev–Trinajstić information content (AvgIpc) is 3.61. The van der Waals surface area contributed by atoms with Crippen molar-refractivity contribution < 1.29 is 37.2 Å². The quantitative estimate of drug-likeness (QED) is 0.0550. The van der Waals surface area contributed by atoms with Gasteiger partial charge in [0.2, 0.25) is 5.43 Å². The summed E-state index contributed by atoms with van der Waals surface area (Å²) in [4.78, 5) is 58.6. The maximum absolute atomic E-state index is 16.2. The highest BCUT2D eigenvalue weighted by atomic mass is 19.1. The molecule has 0 unspecified atom stereocenters. The van der Waals surface area contributed by atoms with E-state index in [0.29, 0.717) is 54.7 Å². The number of ether oxygens (including phenoxy) is 2. The number of morpholine rings is 1. The highest BCUT2D eigenvalue weighted by molar-refractivity contribution is 6.07. The number of carbonyl (C=O) groups is 2. The third kappa shape index (κ3) is 7.07. The molecule has 2 saturated heterocycles. The lowest BCUT2D eigenvalue weighted by molar-refractivity contribution is -0.384. The van der Waals surface area contributed by atoms with Crippen molar-refractivity contribution in [1.29, 1.82) is 0 Å². The number of rotatable bonds is 8. The molecule has 2 aliphatic rings. The zero-order valence-electron chi connectivity index (χ0n) is 30.5. The molecule has 16 nitrogen and oxygen atoms in total. The van der Waals surface area contributed by atoms with Crippen LogP contribution >= 0.6 is 0 Å². The van der Waals surface area contributed by atoms with Gasteiger partial charge in [0.05, 0.1) is 52.2 Å². The summed E-state index contributed by atoms with van der Waals surface area (Å²) in [5.41, 5.74) is 0.843. The zero-order valence-corrected chi connectivity index (χ0v) is 30.5. The van der Waals surface area contributed by atoms with Gasteiger partial charge in [-0.2, -0.15) is 0 Å². The Morgan fingerprint density at radius 2 is 1.84 bits per heavy atom. The fourth-order valence-corrected chi connectivity index (χ4v) is 7.27. The van der Waals surface area contributed by atoms with Crippen molar-refractivity contribution in [1.82, 2.24) is 24.5 Å². The number of fused-ring (bicyclic) bond motifs is 4. The summed E-state index contributed by atoms with van der Waals surface area (Å²) in [7, 11) is 0. The van der Waals surface area contributed by atoms with E-state index in [1.54, 1.807) is 37.3 Å². The number of pyridine rings is 1. The minimum Gasteiger partial charge on any atom is -0.453 e. The van der Waals surface area contributed by atoms with E-state index in [1.165, 1.54) is 29.3 Å². The first-order valence-electron chi connectivity index (χ1n) is 18.2. The van der Waals surface area contributed by atoms with Gasteiger partial charge in [-0.15, -0.1) is 0 Å². The van der Waals surface area contributed by atoms with E-state index in [2.05, 4.69) is 20.5 Å². The molecule has 3 aromatic heterocycles. The number of anilines is 1. The van der Waals surface area contributed by atoms with Crippen molar-refractivity contribution in [3.8, 4) is 0 Å². The molecule has 3 N–H and O–H groups in total. The van der Waals surface area contributed by atoms with E-state index < -0.39 is 39.8 Å². The first-order chi connectivity index (χ1) is 26.3. The lowest BCUT2D eigenvalue weighted by Gasteiger charge is -2.26. The van der Waals surface area contributed by atoms with E-state index in [-0.39, 0.29) is 57.7 Å². The van der Waals surface area contributed by atoms with Crippen LogP contribution in [0.25, 0.3) is 49.8 Å². The maximum Gasteiger partial charge on any atom is 0.407 e. The summed E-state index contributed by atoms with van der Waals surface area (Å²) in [6.07, 6.45) is 1.97. The van der Waals surface area contributed by atoms with Crippen LogP contribution in [-0.2, 0) is 9.47 Å². The zero-order chi connectivity index (χ0) is 38.6. The Morgan fingerprint density at radius 3 is 2.60 bits per heavy atom. The lowest BCUT2D eigenvalue weighted by atomic mass is 10.1. The number of nitro groups is 1. The Hall–Kier alpha value is -5.94. The number of nitrogens with zero attached hydrogens (tertiary/aromatic N) is 4. The molecular weight excluding hydrogens is 717 g/mol. The van der Waals surface area contributed by atoms with Gasteiger partial charge in [0, 0.05) is 57.1 Å². The highest BCUT2D eigenvalue weighted by Crippen LogP contribution is 2.36. The minimum absolute atomic E-state index is 0.0665. The van der Waals surface area contributed by atoms with Crippen LogP contribution in [0.4, 0.5) is 20.6 Å². The van der Waals surface area contributed by atoms with Crippen LogP contribution in [0, 0.1) is 15.9 Å². The minimum atomic E-state index is -0.719. The smallest absolute Gasteiger partial charge is 0.407 e. The fourth-order valence-electron chi connectivity index (χ4n) is 7.27. The first kappa shape index (κ1) is 36.1. The average molecular weight is 758 g/mol. The number of non-ortho nitro benzene ring substituents is 1. The monoisotopic (exact) mass is 757 g/mol. The molecule has 3 aromatic carbocycles. The molecule has 2 fully saturated rings. The summed E-state index contributed by atoms with van der Waals surface area (Å²) in [6.45, 7) is 9.85. The predicted octanol–water partition coefficient (Wildman–Crippen LogP) is 5.91. The number of hydrogen-bond donors (Lipinski definition) is 3. The van der Waals surface area contributed by atoms with Crippen LogP contribution in [0.15, 0.2) is 56.2 Å². The molecule has 0 radical (unpaired) electrons. The van der Waals surface area contributed by atoms with E-state index in [4.69, 9.17) is 18.3 Å². The molecule has 1 atom stereocenters. The maximum atomic E-state index is 16.2. The van der Waals surface area contributed by atoms with Crippen molar-refractivity contribution >= 4 is 73.2 Å². The number of benzene rings is 3. The molecule has 17 heteroatoms. The van der Waals surface area contributed by atoms with E-state index in [0.717, 1.165) is 25.7 Å². The number of nitrogens with one attached hydrogen (secondary N) is 3. The number of aromatic nitrogens is 2. The largest absolute Gasteiger partial charge is 0.453 e. The van der Waals surface area contributed by atoms with E-state index >= 15 is 4.39 Å². The van der Waals surface area contributed by atoms with Crippen molar-refractivity contribution in [3.05, 3.63) is 74.3 Å². The lowest BCUT2D eigenvalue weighted by Crippen LogP contribution is -2.41. The SMILES string of the molecule is CC(C)(C)OC(=O)N[C@H]1CCN(C(=O)c2cn3c4cc5oc6cc([N+](=O)[O-])ccc6[nH]c5cc4oc4c(NCCCN5CCOCC5)c(F)cc(c2=O)c43)C1. The molecule has 288 valence electrons. The summed E-state index contributed by atoms with van der Waals surface area (Å²) in [5.74, 6) is -1.30. The van der Waals surface area contributed by atoms with Gasteiger partial charge in [0.1, 0.15) is 22.4 Å². The number of amides is 2. The number of nitro benzene ring substituents is 1. The van der Waals surface area contributed by atoms with Crippen LogP contribution in [0.2, 0.25) is 0 Å². The first-order valence-corrected chi connectivity index (χ1v) is 18.2. The molecule has 6 aromatic rings. The van der Waals surface area contributed by atoms with Crippen molar-refractivity contribution in [2.45, 2.75) is 45.3 Å². The number of carbonyl (C=O) groups excluding carboxylic acids is 2. The topological polar surface area (TPSA) is 190 Å². The van der Waals surface area contributed by atoms with E-state index in [9.17, 15) is 24.5 Å². The van der Waals surface area contributed by atoms with Crippen molar-refractivity contribution in [2.24, 2.45) is 0 Å². The van der Waals surface area contributed by atoms with Gasteiger partial charge in [-0.05, 0) is 52.3 Å². The Labute approximate surface area is 311 Å². The third-order valence-corrected chi connectivity index (χ3v) is 9.88. The molecule has 5 heterocycles. The van der Waals surface area contributed by atoms with Crippen LogP contribution in [0.5, 0.6) is 0 Å². The second kappa shape index (κ2) is 14.0. The third-order valence-electron chi connectivity index (χ3n) is 9.88. The van der Waals surface area contributed by atoms with E-state index in [1.807, 2.05) is 0 Å². The van der Waals surface area contributed by atoms with Gasteiger partial charge < -0.3 is 43.2 Å². The Morgan fingerprint density at radius 1 is 1.05 bits per heavy atom. The molecule has 2 aliphatic heterocycles. The molecule has 8 rings (SSSR count). The van der Waals surface area contributed by atoms with Gasteiger partial charge in [-0.1, -0.05) is 0 Å². The van der Waals surface area contributed by atoms with Crippen molar-refractivity contribution in [3.63, 3.8) is 0 Å². The molecule has 0 spiro atoms. The van der Waals surface area contributed by atoms with Gasteiger partial charge >= 0.3 is 6.09 Å². The standard InChI is InChI=1S/C38H40FN7O9/c1-38(2,3)55-37(49)41-21-7-10-44(19-21)36(48)24-20-45-28-18-30-27(42-26-6-5-22(46(50)51)15-29(26)53-30)17-31(28)54-35-32(25(39)16-23(33(35)45)34(24)47)40-8-4-9-43-11-13-52-14-12-43/h5-6,15-18,20-21,40,42H,4,7-14,19H2,1-3H3,(H,41,49)/t21-/m0/s1. The Kier molecular flexibility index (Phi) is 9.21. The summed E-state index contributed by atoms with van der Waals surface area (Å²) < 4.78 is 41.2. The second-order valence-electron chi connectivity index (χ2n) is 14.9. The number of aromatic amines is 1. The molecule has 0 aliphatic carbocycles. The predicted molar refractivity (Wildman–Crippen MR) is 202 cm³/mol. The van der Waals surface area contributed by atoms with Gasteiger partial charge in [0.15, 0.2) is 28.1 Å². The molecule has 55 heavy (non-hydrogen) atoms. The van der Waals surface area contributed by atoms with Crippen LogP contribution in [0.1, 0.15) is 44.0 Å². The summed E-state index contributed by atoms with van der Waals surface area (Å²) in [5, 5.41) is 17.4. The number of alkyl carbamates (subject to hydrolysis) is 1. The van der Waals surface area contributed by atoms with Crippen LogP contribution in [-0.4, -0.2) is 100 Å². The van der Waals surface area contributed by atoms with Gasteiger partial charge in [-0.25, -0.2) is 9.18 Å². The van der Waals surface area contributed by atoms with Crippen molar-refractivity contribution in [2.75, 3.05) is 57.8 Å². The number of halogens is 1. The fraction of sp³-hybridized carbons (Fsp3) is 0.395. The molecular formula is C38H40FN7O9. The van der Waals surface area contributed by atoms with Crippen LogP contribution < -0.4 is 16.1 Å². The molecule has 0 saturated carbocycles. The Balaban J connectivity index is 1.23. The molecule has 2 amide bonds. The second-order valence-corrected chi connectivity index (χ2v) is 14.9. The van der Waals surface area contributed by atoms with Crippen LogP contribution in [0.3, 0.4) is 0 Å². The number of H-pyrrole nitrogens is 1. The Bertz CT molecular complexity index is 2590. The van der Waals surface area contributed by atoms with Gasteiger partial charge in [-0.3, -0.25) is 24.6 Å². The number of hydrogen-bond acceptors (Lipinski definition) is 11. The molecule has 0 bridgehead atoms.